The molecule has 1 N–H and O–H groups in total. The van der Waals surface area contributed by atoms with Crippen LogP contribution < -0.4 is 0 Å². The average Bonchev–Trinajstić information content (AvgIpc) is 3.35. The van der Waals surface area contributed by atoms with Crippen LogP contribution in [0.5, 0.6) is 0 Å². The van der Waals surface area contributed by atoms with Crippen LogP contribution in [0.1, 0.15) is 204 Å². The van der Waals surface area contributed by atoms with Gasteiger partial charge in [0.2, 0.25) is 0 Å². The summed E-state index contributed by atoms with van der Waals surface area (Å²) in [6.45, 7) is 53.5. The van der Waals surface area contributed by atoms with Crippen molar-refractivity contribution in [1.82, 2.24) is 0 Å². The molecule has 0 aromatic rings. The molecule has 0 spiro atoms. The summed E-state index contributed by atoms with van der Waals surface area (Å²) in [6.07, 6.45) is 11.2. The number of ketones is 2. The number of rotatable bonds is 32. The number of Topliss-reactive ketones (excluding diaryl/α,β-unsaturated/α-hetero) is 2. The zero-order chi connectivity index (χ0) is 61.7. The summed E-state index contributed by atoms with van der Waals surface area (Å²) in [6, 6.07) is 0. The minimum absolute atomic E-state index is 0.0133. The lowest BCUT2D eigenvalue weighted by Gasteiger charge is -2.59. The number of ether oxygens (including phenoxy) is 4. The Morgan fingerprint density at radius 3 is 1.82 bits per heavy atom. The van der Waals surface area contributed by atoms with E-state index >= 15 is 0 Å². The number of allylic oxidation sites excluding steroid dienone is 2. The van der Waals surface area contributed by atoms with Crippen molar-refractivity contribution in [1.29, 1.82) is 0 Å². The van der Waals surface area contributed by atoms with Gasteiger partial charge in [0.15, 0.2) is 16.6 Å². The van der Waals surface area contributed by atoms with Crippen molar-refractivity contribution in [2.75, 3.05) is 27.9 Å². The Balaban J connectivity index is 2.28. The van der Waals surface area contributed by atoms with Gasteiger partial charge >= 0.3 is 14.5 Å². The zero-order valence-corrected chi connectivity index (χ0v) is 59.0. The number of hydrogen-bond donors (Lipinski definition) is 1. The molecular weight excluding hydrogens is 1060 g/mol. The van der Waals surface area contributed by atoms with Crippen LogP contribution in [-0.2, 0) is 51.0 Å². The normalized spacial score (nSPS) is 24.4. The summed E-state index contributed by atoms with van der Waals surface area (Å²) in [4.78, 5) is 40.3. The van der Waals surface area contributed by atoms with Crippen LogP contribution >= 0.6 is 0 Å². The van der Waals surface area contributed by atoms with E-state index < -0.39 is 61.3 Å². The van der Waals surface area contributed by atoms with E-state index in [-0.39, 0.29) is 87.3 Å². The summed E-state index contributed by atoms with van der Waals surface area (Å²) < 4.78 is 52.5. The first-order chi connectivity index (χ1) is 36.7. The van der Waals surface area contributed by atoms with Gasteiger partial charge in [-0.1, -0.05) is 175 Å². The predicted octanol–water partition coefficient (Wildman–Crippen LogP) is 15.9. The van der Waals surface area contributed by atoms with Crippen molar-refractivity contribution in [3.05, 3.63) is 36.0 Å². The first-order valence-electron chi connectivity index (χ1n) is 30.9. The molecule has 0 aliphatic carbocycles. The highest BCUT2D eigenvalue weighted by atomic mass is 28.4. The molecule has 0 radical (unpaired) electrons. The molecule has 0 aromatic heterocycles. The lowest BCUT2D eigenvalue weighted by molar-refractivity contribution is -0.137. The first-order valence-corrected chi connectivity index (χ1v) is 37.8. The fourth-order valence-corrected chi connectivity index (χ4v) is 25.5. The highest BCUT2D eigenvalue weighted by Crippen LogP contribution is 2.57. The van der Waals surface area contributed by atoms with Crippen LogP contribution in [0.4, 0.5) is 0 Å². The minimum Gasteiger partial charge on any atom is -0.466 e. The van der Waals surface area contributed by atoms with Gasteiger partial charge < -0.3 is 41.8 Å². The molecule has 0 saturated carbocycles. The molecule has 2 aliphatic rings. The maximum atomic E-state index is 14.4. The van der Waals surface area contributed by atoms with Gasteiger partial charge in [0.05, 0.1) is 55.9 Å². The number of hydrogen-bond acceptors (Lipinski definition) is 12. The average molecular weight is 1180 g/mol. The third-order valence-electron chi connectivity index (χ3n) is 19.2. The van der Waals surface area contributed by atoms with Crippen LogP contribution in [0.2, 0.25) is 44.8 Å². The van der Waals surface area contributed by atoms with Crippen molar-refractivity contribution in [2.45, 2.75) is 297 Å². The van der Waals surface area contributed by atoms with E-state index in [1.54, 1.807) is 20.3 Å². The standard InChI is InChI=1S/C65H122O12Si3/c1-42(2)79(43(3)4,44(5)6)73-38-37-47(9)60(72-25)49(11)55(66)35-33-46(8)61-51(13)62(77-80(76-61,64(17,18)19)65(20,21)22)50(12)57(68)41-56(67)48(10)58(70-23)40-53-30-28-29-52(74-53)39-54(75-78(26,27)63(14,15)16)34-31-45(7)32-36-59(69)71-24/h28-29,31-32,36,42-44,46-54,57-58,60-62,68H,30,33-35,37-41H2,1-27H3/b36-32+,45-31+/t46-,47+,48-,49-,50-,51-,52-,53-,54-,57+,58-,60+,61-,62-/m0/s1. The van der Waals surface area contributed by atoms with E-state index in [0.29, 0.717) is 61.8 Å². The zero-order valence-electron chi connectivity index (χ0n) is 56.0. The van der Waals surface area contributed by atoms with Crippen LogP contribution in [0.15, 0.2) is 36.0 Å². The maximum Gasteiger partial charge on any atom is 0.349 e. The molecule has 0 amide bonds. The molecule has 80 heavy (non-hydrogen) atoms. The summed E-state index contributed by atoms with van der Waals surface area (Å²) in [5.74, 6) is -1.40. The molecule has 14 atom stereocenters. The number of carbonyl (C=O) groups is 3. The van der Waals surface area contributed by atoms with Gasteiger partial charge in [-0.3, -0.25) is 9.59 Å². The smallest absolute Gasteiger partial charge is 0.349 e. The van der Waals surface area contributed by atoms with Crippen LogP contribution in [-0.4, -0.2) is 125 Å². The molecule has 0 aromatic carbocycles. The van der Waals surface area contributed by atoms with Gasteiger partial charge in [-0.25, -0.2) is 4.79 Å². The van der Waals surface area contributed by atoms with Gasteiger partial charge in [-0.05, 0) is 79.2 Å². The maximum absolute atomic E-state index is 14.4. The highest BCUT2D eigenvalue weighted by Gasteiger charge is 2.64. The van der Waals surface area contributed by atoms with Gasteiger partial charge in [0, 0.05) is 86.3 Å². The Morgan fingerprint density at radius 2 is 1.32 bits per heavy atom. The van der Waals surface area contributed by atoms with Crippen molar-refractivity contribution in [3.8, 4) is 0 Å². The fourth-order valence-electron chi connectivity index (χ4n) is 13.3. The second-order valence-corrected chi connectivity index (χ2v) is 44.1. The molecule has 2 aliphatic heterocycles. The highest BCUT2D eigenvalue weighted by molar-refractivity contribution is 6.77. The van der Waals surface area contributed by atoms with E-state index in [2.05, 4.69) is 156 Å². The fraction of sp³-hybridized carbons (Fsp3) is 0.862. The molecular formula is C65H122O12Si3. The van der Waals surface area contributed by atoms with Crippen LogP contribution in [0, 0.1) is 35.5 Å². The van der Waals surface area contributed by atoms with Gasteiger partial charge in [-0.15, -0.1) is 0 Å². The lowest BCUT2D eigenvalue weighted by atomic mass is 9.79. The Morgan fingerprint density at radius 1 is 0.762 bits per heavy atom. The Kier molecular flexibility index (Phi) is 29.5. The molecule has 0 bridgehead atoms. The SMILES string of the molecule is COC(=O)/C=C/C(C)=C/C[C@@H](C[C@@H]1C=CC[C@@H](C[C@H](OC)[C@@H](C)C(=O)C[C@@H](O)[C@H](C)[C@@H]2O[Si](C(C)(C)C)(C(C)(C)C)O[C@@H]([C@@H](C)CCC(=O)[C@H](C)[C@H](OC)[C@H](C)CCO[Si](C(C)C)(C(C)C)C(C)C)[C@@H]2C)O1)O[Si](C)(C)C(C)(C)C. The Bertz CT molecular complexity index is 1960. The van der Waals surface area contributed by atoms with E-state index in [4.69, 9.17) is 36.7 Å². The largest absolute Gasteiger partial charge is 0.466 e. The third kappa shape index (κ3) is 19.7. The molecule has 1 fully saturated rings. The van der Waals surface area contributed by atoms with Gasteiger partial charge in [-0.2, -0.15) is 0 Å². The van der Waals surface area contributed by atoms with Crippen molar-refractivity contribution in [2.24, 2.45) is 35.5 Å². The topological polar surface area (TPSA) is 145 Å². The predicted molar refractivity (Wildman–Crippen MR) is 336 cm³/mol. The Labute approximate surface area is 493 Å². The van der Waals surface area contributed by atoms with Crippen LogP contribution in [0.3, 0.4) is 0 Å². The Hall–Kier alpha value is -1.64. The van der Waals surface area contributed by atoms with Crippen molar-refractivity contribution >= 4 is 42.7 Å². The van der Waals surface area contributed by atoms with E-state index in [9.17, 15) is 19.5 Å². The number of carbonyl (C=O) groups excluding carboxylic acids is 3. The quantitative estimate of drug-likeness (QED) is 0.0225. The molecule has 2 rings (SSSR count). The molecule has 15 heteroatoms. The van der Waals surface area contributed by atoms with Gasteiger partial charge in [0.25, 0.3) is 0 Å². The van der Waals surface area contributed by atoms with E-state index in [1.165, 1.54) is 13.2 Å². The molecule has 1 saturated heterocycles. The third-order valence-corrected chi connectivity index (χ3v) is 35.0. The van der Waals surface area contributed by atoms with Crippen LogP contribution in [0.25, 0.3) is 0 Å². The van der Waals surface area contributed by atoms with Crippen molar-refractivity contribution < 1.29 is 56.1 Å². The monoisotopic (exact) mass is 1180 g/mol. The number of aliphatic hydroxyl groups is 1. The first kappa shape index (κ1) is 74.5. The van der Waals surface area contributed by atoms with Gasteiger partial charge in [0.1, 0.15) is 11.6 Å². The summed E-state index contributed by atoms with van der Waals surface area (Å²) in [5, 5.41) is 11.5. The summed E-state index contributed by atoms with van der Waals surface area (Å²) in [7, 11) is -2.55. The molecule has 2 heterocycles. The number of aliphatic hydroxyl groups excluding tert-OH is 1. The second-order valence-electron chi connectivity index (χ2n) is 29.2. The summed E-state index contributed by atoms with van der Waals surface area (Å²) >= 11 is 0. The second kappa shape index (κ2) is 31.7. The molecule has 12 nitrogen and oxygen atoms in total. The van der Waals surface area contributed by atoms with E-state index in [1.807, 2.05) is 27.7 Å². The number of methoxy groups -OCH3 is 3. The molecule has 0 unspecified atom stereocenters. The lowest BCUT2D eigenvalue weighted by Crippen LogP contribution is -2.68. The molecule has 466 valence electrons. The van der Waals surface area contributed by atoms with E-state index in [0.717, 1.165) is 12.0 Å². The van der Waals surface area contributed by atoms with Crippen molar-refractivity contribution in [3.63, 3.8) is 0 Å². The number of esters is 1. The summed E-state index contributed by atoms with van der Waals surface area (Å²) in [5.41, 5.74) is 2.47. The minimum atomic E-state index is -3.13.